The number of allylic oxidation sites excluding steroid dienone is 2. The number of hydrogen-bond donors (Lipinski definition) is 0. The Kier molecular flexibility index (Phi) is 6.42. The molecule has 0 saturated carbocycles. The van der Waals surface area contributed by atoms with Crippen LogP contribution in [0.5, 0.6) is 0 Å². The van der Waals surface area contributed by atoms with Crippen molar-refractivity contribution >= 4 is 63.9 Å². The molecule has 3 aliphatic heterocycles. The van der Waals surface area contributed by atoms with E-state index in [1.54, 1.807) is 71.8 Å². The molecule has 0 radical (unpaired) electrons. The smallest absolute Gasteiger partial charge is 0.240 e. The standard InChI is InChI=1S/C30H19Cl3N2O4/c31-19-8-6-17(7-9-19)28(37)26-25-24(29(38)35(30(25)39)22-14-20(32)13-21(33)15-22)23-12-18(10-11-34(23)26)27(36)16-4-2-1-3-5-16/h1-15,23-26H/t23-,24+,25+,26+/m1/s1. The lowest BCUT2D eigenvalue weighted by molar-refractivity contribution is -0.123. The first-order valence-corrected chi connectivity index (χ1v) is 13.3. The molecule has 2 amide bonds. The van der Waals surface area contributed by atoms with E-state index in [2.05, 4.69) is 0 Å². The van der Waals surface area contributed by atoms with Crippen LogP contribution in [0.25, 0.3) is 0 Å². The molecule has 39 heavy (non-hydrogen) atoms. The van der Waals surface area contributed by atoms with E-state index in [0.717, 1.165) is 4.90 Å². The first-order valence-electron chi connectivity index (χ1n) is 12.2. The summed E-state index contributed by atoms with van der Waals surface area (Å²) in [6, 6.07) is 18.0. The van der Waals surface area contributed by atoms with Gasteiger partial charge in [0.25, 0.3) is 0 Å². The van der Waals surface area contributed by atoms with Crippen molar-refractivity contribution in [2.45, 2.75) is 12.1 Å². The van der Waals surface area contributed by atoms with Crippen LogP contribution < -0.4 is 4.90 Å². The topological polar surface area (TPSA) is 74.8 Å². The molecule has 0 bridgehead atoms. The second-order valence-corrected chi connectivity index (χ2v) is 10.9. The largest absolute Gasteiger partial charge is 0.359 e. The van der Waals surface area contributed by atoms with Crippen molar-refractivity contribution in [3.63, 3.8) is 0 Å². The van der Waals surface area contributed by atoms with Crippen LogP contribution in [0.1, 0.15) is 20.7 Å². The number of rotatable bonds is 5. The SMILES string of the molecule is O=C(C1=C[C@@H]2[C@@H]3C(=O)N(c4cc(Cl)cc(Cl)c4)C(=O)[C@@H]3[C@@H](C(=O)c3ccc(Cl)cc3)N2C=C1)c1ccccc1. The Labute approximate surface area is 239 Å². The second-order valence-electron chi connectivity index (χ2n) is 9.58. The highest BCUT2D eigenvalue weighted by Gasteiger charge is 2.63. The average molecular weight is 578 g/mol. The molecule has 3 aromatic carbocycles. The van der Waals surface area contributed by atoms with Gasteiger partial charge in [0, 0.05) is 38.0 Å². The number of anilines is 1. The molecule has 4 atom stereocenters. The van der Waals surface area contributed by atoms with Gasteiger partial charge in [-0.1, -0.05) is 71.2 Å². The van der Waals surface area contributed by atoms with Gasteiger partial charge in [-0.2, -0.15) is 0 Å². The van der Waals surface area contributed by atoms with E-state index < -0.39 is 35.7 Å². The predicted molar refractivity (Wildman–Crippen MR) is 149 cm³/mol. The molecule has 0 aromatic heterocycles. The Morgan fingerprint density at radius 1 is 0.718 bits per heavy atom. The van der Waals surface area contributed by atoms with Crippen LogP contribution in [-0.2, 0) is 9.59 Å². The number of Topliss-reactive ketones (excluding diaryl/α,β-unsaturated/α-hetero) is 2. The van der Waals surface area contributed by atoms with E-state index in [9.17, 15) is 19.2 Å². The Bertz CT molecular complexity index is 1580. The van der Waals surface area contributed by atoms with E-state index in [0.29, 0.717) is 21.7 Å². The molecule has 3 aliphatic rings. The highest BCUT2D eigenvalue weighted by Crippen LogP contribution is 2.47. The third kappa shape index (κ3) is 4.29. The number of ketones is 2. The first kappa shape index (κ1) is 25.6. The molecule has 194 valence electrons. The fourth-order valence-corrected chi connectivity index (χ4v) is 6.30. The minimum absolute atomic E-state index is 0.217. The maximum Gasteiger partial charge on any atom is 0.240 e. The molecular weight excluding hydrogens is 559 g/mol. The zero-order valence-electron chi connectivity index (χ0n) is 20.1. The van der Waals surface area contributed by atoms with Crippen molar-refractivity contribution in [2.75, 3.05) is 4.90 Å². The van der Waals surface area contributed by atoms with Crippen LogP contribution >= 0.6 is 34.8 Å². The van der Waals surface area contributed by atoms with Crippen LogP contribution in [0.2, 0.25) is 15.1 Å². The first-order chi connectivity index (χ1) is 18.7. The van der Waals surface area contributed by atoms with E-state index in [-0.39, 0.29) is 27.3 Å². The van der Waals surface area contributed by atoms with Gasteiger partial charge >= 0.3 is 0 Å². The predicted octanol–water partition coefficient (Wildman–Crippen LogP) is 6.02. The molecule has 6 nitrogen and oxygen atoms in total. The van der Waals surface area contributed by atoms with E-state index >= 15 is 0 Å². The van der Waals surface area contributed by atoms with Crippen LogP contribution in [0.3, 0.4) is 0 Å². The van der Waals surface area contributed by atoms with Crippen molar-refractivity contribution in [3.05, 3.63) is 123 Å². The monoisotopic (exact) mass is 576 g/mol. The van der Waals surface area contributed by atoms with Crippen molar-refractivity contribution in [1.82, 2.24) is 4.90 Å². The third-order valence-corrected chi connectivity index (χ3v) is 8.04. The summed E-state index contributed by atoms with van der Waals surface area (Å²) < 4.78 is 0. The van der Waals surface area contributed by atoms with Crippen LogP contribution in [0.4, 0.5) is 5.69 Å². The Balaban J connectivity index is 1.44. The number of nitrogens with zero attached hydrogens (tertiary/aromatic N) is 2. The molecule has 3 heterocycles. The molecule has 0 N–H and O–H groups in total. The number of carbonyl (C=O) groups is 4. The van der Waals surface area contributed by atoms with Crippen LogP contribution in [-0.4, -0.2) is 40.4 Å². The lowest BCUT2D eigenvalue weighted by Crippen LogP contribution is -2.46. The maximum atomic E-state index is 13.9. The summed E-state index contributed by atoms with van der Waals surface area (Å²) in [6.45, 7) is 0. The van der Waals surface area contributed by atoms with E-state index in [4.69, 9.17) is 34.8 Å². The summed E-state index contributed by atoms with van der Waals surface area (Å²) in [5, 5.41) is 0.998. The molecule has 0 unspecified atom stereocenters. The van der Waals surface area contributed by atoms with Gasteiger partial charge in [0.05, 0.1) is 23.6 Å². The number of benzene rings is 3. The molecule has 2 fully saturated rings. The van der Waals surface area contributed by atoms with E-state index in [1.807, 2.05) is 6.07 Å². The third-order valence-electron chi connectivity index (χ3n) is 7.35. The van der Waals surface area contributed by atoms with Crippen molar-refractivity contribution in [1.29, 1.82) is 0 Å². The van der Waals surface area contributed by atoms with Gasteiger partial charge < -0.3 is 4.90 Å². The zero-order chi connectivity index (χ0) is 27.4. The van der Waals surface area contributed by atoms with Gasteiger partial charge in [0.15, 0.2) is 11.6 Å². The molecule has 0 aliphatic carbocycles. The number of fused-ring (bicyclic) bond motifs is 3. The Hall–Kier alpha value is -3.71. The number of imide groups is 1. The quantitative estimate of drug-likeness (QED) is 0.274. The average Bonchev–Trinajstić information content (AvgIpc) is 3.39. The maximum absolute atomic E-state index is 13.9. The molecule has 6 rings (SSSR count). The summed E-state index contributed by atoms with van der Waals surface area (Å²) >= 11 is 18.4. The molecule has 2 saturated heterocycles. The molecule has 0 spiro atoms. The number of halogens is 3. The van der Waals surface area contributed by atoms with Crippen molar-refractivity contribution in [2.24, 2.45) is 11.8 Å². The van der Waals surface area contributed by atoms with Crippen LogP contribution in [0, 0.1) is 11.8 Å². The summed E-state index contributed by atoms with van der Waals surface area (Å²) in [6.07, 6.45) is 4.94. The number of carbonyl (C=O) groups excluding carboxylic acids is 4. The van der Waals surface area contributed by atoms with Crippen molar-refractivity contribution in [3.8, 4) is 0 Å². The lowest BCUT2D eigenvalue weighted by atomic mass is 9.85. The molecular formula is C30H19Cl3N2O4. The van der Waals surface area contributed by atoms with Gasteiger partial charge in [-0.3, -0.25) is 19.2 Å². The van der Waals surface area contributed by atoms with Gasteiger partial charge in [-0.05, 0) is 48.5 Å². The van der Waals surface area contributed by atoms with Crippen LogP contribution in [0.15, 0.2) is 96.7 Å². The summed E-state index contributed by atoms with van der Waals surface area (Å²) in [5.41, 5.74) is 1.47. The molecule has 9 heteroatoms. The molecule has 3 aromatic rings. The zero-order valence-corrected chi connectivity index (χ0v) is 22.4. The van der Waals surface area contributed by atoms with Gasteiger partial charge in [-0.15, -0.1) is 0 Å². The number of hydrogen-bond acceptors (Lipinski definition) is 5. The minimum Gasteiger partial charge on any atom is -0.359 e. The normalized spacial score (nSPS) is 23.5. The summed E-state index contributed by atoms with van der Waals surface area (Å²) in [7, 11) is 0. The number of amides is 2. The Morgan fingerprint density at radius 3 is 2.03 bits per heavy atom. The van der Waals surface area contributed by atoms with Gasteiger partial charge in [0.2, 0.25) is 11.8 Å². The van der Waals surface area contributed by atoms with E-state index in [1.165, 1.54) is 18.2 Å². The fourth-order valence-electron chi connectivity index (χ4n) is 5.66. The fraction of sp³-hybridized carbons (Fsp3) is 0.133. The lowest BCUT2D eigenvalue weighted by Gasteiger charge is -2.32. The van der Waals surface area contributed by atoms with Crippen molar-refractivity contribution < 1.29 is 19.2 Å². The van der Waals surface area contributed by atoms with Gasteiger partial charge in [-0.25, -0.2) is 4.90 Å². The highest BCUT2D eigenvalue weighted by molar-refractivity contribution is 6.36. The second kappa shape index (κ2) is 9.79. The minimum atomic E-state index is -0.990. The van der Waals surface area contributed by atoms with Gasteiger partial charge in [0.1, 0.15) is 6.04 Å². The highest BCUT2D eigenvalue weighted by atomic mass is 35.5. The summed E-state index contributed by atoms with van der Waals surface area (Å²) in [4.78, 5) is 57.7. The Morgan fingerprint density at radius 2 is 1.36 bits per heavy atom. The summed E-state index contributed by atoms with van der Waals surface area (Å²) in [5.74, 6) is -3.45.